The van der Waals surface area contributed by atoms with Crippen LogP contribution in [-0.2, 0) is 19.4 Å². The summed E-state index contributed by atoms with van der Waals surface area (Å²) in [6.45, 7) is 10.4. The Morgan fingerprint density at radius 3 is 2.43 bits per heavy atom. The van der Waals surface area contributed by atoms with Gasteiger partial charge in [-0.05, 0) is 39.3 Å². The smallest absolute Gasteiger partial charge is 0.138 e. The van der Waals surface area contributed by atoms with Gasteiger partial charge in [0, 0.05) is 19.0 Å². The molecule has 0 spiro atoms. The summed E-state index contributed by atoms with van der Waals surface area (Å²) in [6, 6.07) is 7.18. The molecule has 0 aliphatic heterocycles. The second kappa shape index (κ2) is 7.36. The number of hydrogen-bond donors (Lipinski definition) is 1. The van der Waals surface area contributed by atoms with Crippen LogP contribution in [0.5, 0.6) is 0 Å². The molecule has 4 heteroatoms. The molecule has 1 aromatic heterocycles. The molecule has 0 aliphatic rings. The molecule has 21 heavy (non-hydrogen) atoms. The highest BCUT2D eigenvalue weighted by Gasteiger charge is 2.13. The molecule has 0 saturated carbocycles. The lowest BCUT2D eigenvalue weighted by atomic mass is 9.99. The average Bonchev–Trinajstić information content (AvgIpc) is 2.85. The summed E-state index contributed by atoms with van der Waals surface area (Å²) in [6.07, 6.45) is 3.58. The van der Waals surface area contributed by atoms with E-state index in [4.69, 9.17) is 0 Å². The van der Waals surface area contributed by atoms with Gasteiger partial charge in [0.15, 0.2) is 0 Å². The standard InChI is InChI=1S/C17H26N4/c1-5-18-16(11-17-19-12-20-21(17)6-2)10-15-8-13(3)7-14(4)9-15/h7-9,12,16,18H,5-6,10-11H2,1-4H3. The zero-order valence-corrected chi connectivity index (χ0v) is 13.6. The average molecular weight is 286 g/mol. The molecule has 1 aromatic carbocycles. The van der Waals surface area contributed by atoms with E-state index in [-0.39, 0.29) is 0 Å². The van der Waals surface area contributed by atoms with E-state index >= 15 is 0 Å². The van der Waals surface area contributed by atoms with E-state index in [1.165, 1.54) is 16.7 Å². The van der Waals surface area contributed by atoms with Crippen LogP contribution in [0.15, 0.2) is 24.5 Å². The highest BCUT2D eigenvalue weighted by atomic mass is 15.3. The lowest BCUT2D eigenvalue weighted by molar-refractivity contribution is 0.489. The zero-order chi connectivity index (χ0) is 15.2. The van der Waals surface area contributed by atoms with E-state index in [9.17, 15) is 0 Å². The number of aromatic nitrogens is 3. The Kier molecular flexibility index (Phi) is 5.51. The summed E-state index contributed by atoms with van der Waals surface area (Å²) in [7, 11) is 0. The Morgan fingerprint density at radius 2 is 1.81 bits per heavy atom. The molecule has 114 valence electrons. The van der Waals surface area contributed by atoms with E-state index in [1.54, 1.807) is 6.33 Å². The van der Waals surface area contributed by atoms with Crippen molar-refractivity contribution in [3.05, 3.63) is 47.0 Å². The fourth-order valence-electron chi connectivity index (χ4n) is 2.91. The predicted molar refractivity (Wildman–Crippen MR) is 86.5 cm³/mol. The molecular formula is C17H26N4. The third-order valence-corrected chi connectivity index (χ3v) is 3.68. The molecule has 1 heterocycles. The Morgan fingerprint density at radius 1 is 1.10 bits per heavy atom. The van der Waals surface area contributed by atoms with Crippen molar-refractivity contribution in [3.8, 4) is 0 Å². The Labute approximate surface area is 127 Å². The van der Waals surface area contributed by atoms with Gasteiger partial charge in [-0.1, -0.05) is 36.2 Å². The van der Waals surface area contributed by atoms with Gasteiger partial charge < -0.3 is 5.32 Å². The Balaban J connectivity index is 2.11. The van der Waals surface area contributed by atoms with Crippen molar-refractivity contribution in [3.63, 3.8) is 0 Å². The Bertz CT molecular complexity index is 554. The lowest BCUT2D eigenvalue weighted by Crippen LogP contribution is -2.34. The zero-order valence-electron chi connectivity index (χ0n) is 13.6. The van der Waals surface area contributed by atoms with E-state index in [0.29, 0.717) is 6.04 Å². The number of nitrogens with one attached hydrogen (secondary N) is 1. The molecule has 1 N–H and O–H groups in total. The minimum Gasteiger partial charge on any atom is -0.313 e. The molecule has 2 rings (SSSR count). The van der Waals surface area contributed by atoms with Crippen molar-refractivity contribution in [1.82, 2.24) is 20.1 Å². The van der Waals surface area contributed by atoms with Crippen LogP contribution in [0.2, 0.25) is 0 Å². The molecule has 1 atom stereocenters. The molecule has 4 nitrogen and oxygen atoms in total. The first kappa shape index (κ1) is 15.7. The minimum absolute atomic E-state index is 0.394. The van der Waals surface area contributed by atoms with Crippen molar-refractivity contribution >= 4 is 0 Å². The van der Waals surface area contributed by atoms with Crippen molar-refractivity contribution in [2.24, 2.45) is 0 Å². The lowest BCUT2D eigenvalue weighted by Gasteiger charge is -2.18. The SMILES string of the molecule is CCNC(Cc1cc(C)cc(C)c1)Cc1ncnn1CC. The summed E-state index contributed by atoms with van der Waals surface area (Å²) >= 11 is 0. The second-order valence-corrected chi connectivity index (χ2v) is 5.65. The number of rotatable bonds is 7. The van der Waals surface area contributed by atoms with Crippen LogP contribution >= 0.6 is 0 Å². The van der Waals surface area contributed by atoms with Crippen LogP contribution in [0.1, 0.15) is 36.4 Å². The summed E-state index contributed by atoms with van der Waals surface area (Å²) < 4.78 is 1.98. The van der Waals surface area contributed by atoms with Gasteiger partial charge in [0.1, 0.15) is 12.2 Å². The fraction of sp³-hybridized carbons (Fsp3) is 0.529. The molecule has 0 amide bonds. The summed E-state index contributed by atoms with van der Waals surface area (Å²) in [5.74, 6) is 1.06. The first-order valence-corrected chi connectivity index (χ1v) is 7.79. The van der Waals surface area contributed by atoms with E-state index in [1.807, 2.05) is 4.68 Å². The highest BCUT2D eigenvalue weighted by Crippen LogP contribution is 2.13. The van der Waals surface area contributed by atoms with Crippen LogP contribution in [0, 0.1) is 13.8 Å². The van der Waals surface area contributed by atoms with Crippen molar-refractivity contribution < 1.29 is 0 Å². The second-order valence-electron chi connectivity index (χ2n) is 5.65. The molecule has 0 aliphatic carbocycles. The monoisotopic (exact) mass is 286 g/mol. The molecule has 0 saturated heterocycles. The van der Waals surface area contributed by atoms with Crippen molar-refractivity contribution in [2.75, 3.05) is 6.54 Å². The maximum absolute atomic E-state index is 4.40. The molecule has 0 fully saturated rings. The van der Waals surface area contributed by atoms with Crippen molar-refractivity contribution in [2.45, 2.75) is 53.1 Å². The van der Waals surface area contributed by atoms with Crippen LogP contribution in [-0.4, -0.2) is 27.4 Å². The number of benzene rings is 1. The normalized spacial score (nSPS) is 12.6. The van der Waals surface area contributed by atoms with Crippen LogP contribution in [0.3, 0.4) is 0 Å². The topological polar surface area (TPSA) is 42.7 Å². The van der Waals surface area contributed by atoms with Gasteiger partial charge in [0.2, 0.25) is 0 Å². The third-order valence-electron chi connectivity index (χ3n) is 3.68. The van der Waals surface area contributed by atoms with Gasteiger partial charge >= 0.3 is 0 Å². The van der Waals surface area contributed by atoms with Crippen molar-refractivity contribution in [1.29, 1.82) is 0 Å². The van der Waals surface area contributed by atoms with E-state index in [0.717, 1.165) is 31.8 Å². The molecule has 0 radical (unpaired) electrons. The van der Waals surface area contributed by atoms with Gasteiger partial charge in [0.25, 0.3) is 0 Å². The van der Waals surface area contributed by atoms with Gasteiger partial charge in [-0.15, -0.1) is 0 Å². The molecule has 0 bridgehead atoms. The van der Waals surface area contributed by atoms with E-state index < -0.39 is 0 Å². The predicted octanol–water partition coefficient (Wildman–Crippen LogP) is 2.68. The first-order valence-electron chi connectivity index (χ1n) is 7.79. The van der Waals surface area contributed by atoms with Gasteiger partial charge in [-0.25, -0.2) is 4.98 Å². The first-order chi connectivity index (χ1) is 10.1. The van der Waals surface area contributed by atoms with Gasteiger partial charge in [-0.2, -0.15) is 5.10 Å². The quantitative estimate of drug-likeness (QED) is 0.851. The maximum atomic E-state index is 4.40. The highest BCUT2D eigenvalue weighted by molar-refractivity contribution is 5.29. The minimum atomic E-state index is 0.394. The number of hydrogen-bond acceptors (Lipinski definition) is 3. The summed E-state index contributed by atoms with van der Waals surface area (Å²) in [4.78, 5) is 4.40. The van der Waals surface area contributed by atoms with Crippen LogP contribution in [0.4, 0.5) is 0 Å². The largest absolute Gasteiger partial charge is 0.313 e. The molecule has 2 aromatic rings. The summed E-state index contributed by atoms with van der Waals surface area (Å²) in [5, 5.41) is 7.84. The fourth-order valence-corrected chi connectivity index (χ4v) is 2.91. The molecule has 1 unspecified atom stereocenters. The maximum Gasteiger partial charge on any atom is 0.138 e. The molecular weight excluding hydrogens is 260 g/mol. The van der Waals surface area contributed by atoms with Gasteiger partial charge in [0.05, 0.1) is 0 Å². The summed E-state index contributed by atoms with van der Waals surface area (Å²) in [5.41, 5.74) is 4.05. The number of likely N-dealkylation sites (N-methyl/N-ethyl adjacent to an activating group) is 1. The Hall–Kier alpha value is -1.68. The number of nitrogens with zero attached hydrogens (tertiary/aromatic N) is 3. The van der Waals surface area contributed by atoms with Crippen LogP contribution < -0.4 is 5.32 Å². The van der Waals surface area contributed by atoms with Gasteiger partial charge in [-0.3, -0.25) is 4.68 Å². The van der Waals surface area contributed by atoms with Crippen LogP contribution in [0.25, 0.3) is 0 Å². The number of aryl methyl sites for hydroxylation is 3. The van der Waals surface area contributed by atoms with E-state index in [2.05, 4.69) is 61.3 Å². The third kappa shape index (κ3) is 4.39.